The molecule has 53 heavy (non-hydrogen) atoms. The molecule has 0 bridgehead atoms. The third-order valence-corrected chi connectivity index (χ3v) is 11.3. The van der Waals surface area contributed by atoms with Crippen LogP contribution in [0.25, 0.3) is 76.4 Å². The third kappa shape index (κ3) is 3.93. The maximum absolute atomic E-state index is 4.85. The molecular weight excluding hydrogens is 647 g/mol. The van der Waals surface area contributed by atoms with E-state index < -0.39 is 0 Å². The predicted octanol–water partition coefficient (Wildman–Crippen LogP) is 11.6. The number of para-hydroxylation sites is 3. The first-order valence-electron chi connectivity index (χ1n) is 18.2. The van der Waals surface area contributed by atoms with Crippen LogP contribution in [0.2, 0.25) is 0 Å². The molecule has 0 saturated heterocycles. The number of fused-ring (bicyclic) bond motifs is 11. The molecule has 248 valence electrons. The first-order chi connectivity index (χ1) is 26.3. The molecule has 0 spiro atoms. The monoisotopic (exact) mass is 677 g/mol. The van der Waals surface area contributed by atoms with Gasteiger partial charge in [0.15, 0.2) is 5.84 Å². The number of amidine groups is 1. The summed E-state index contributed by atoms with van der Waals surface area (Å²) < 4.78 is 4.89. The molecule has 0 radical (unpaired) electrons. The zero-order valence-electron chi connectivity index (χ0n) is 28.6. The van der Waals surface area contributed by atoms with Crippen molar-refractivity contribution in [2.45, 2.75) is 6.17 Å². The zero-order chi connectivity index (χ0) is 34.6. The van der Waals surface area contributed by atoms with E-state index in [4.69, 9.17) is 5.10 Å². The summed E-state index contributed by atoms with van der Waals surface area (Å²) in [6.45, 7) is 0. The van der Waals surface area contributed by atoms with E-state index in [9.17, 15) is 0 Å². The quantitative estimate of drug-likeness (QED) is 0.201. The number of anilines is 1. The number of nitrogens with zero attached hydrogens (tertiary/aromatic N) is 4. The molecule has 1 unspecified atom stereocenters. The van der Waals surface area contributed by atoms with Gasteiger partial charge in [0.1, 0.15) is 6.17 Å². The second-order valence-corrected chi connectivity index (χ2v) is 14.1. The summed E-state index contributed by atoms with van der Waals surface area (Å²) >= 11 is 0. The van der Waals surface area contributed by atoms with Crippen molar-refractivity contribution in [1.29, 1.82) is 0 Å². The van der Waals surface area contributed by atoms with Crippen LogP contribution in [-0.2, 0) is 0 Å². The Morgan fingerprint density at radius 2 is 1.11 bits per heavy atom. The minimum Gasteiger partial charge on any atom is -0.309 e. The van der Waals surface area contributed by atoms with Crippen molar-refractivity contribution in [3.05, 3.63) is 187 Å². The fourth-order valence-corrected chi connectivity index (χ4v) is 9.03. The molecule has 5 heteroatoms. The number of hydrogen-bond acceptors (Lipinski definition) is 3. The Labute approximate surface area is 304 Å². The number of hydrazone groups is 1. The van der Waals surface area contributed by atoms with Gasteiger partial charge in [-0.25, -0.2) is 0 Å². The molecule has 11 aromatic rings. The van der Waals surface area contributed by atoms with Gasteiger partial charge in [0.05, 0.1) is 27.6 Å². The van der Waals surface area contributed by atoms with E-state index in [1.54, 1.807) is 0 Å². The molecule has 3 aromatic heterocycles. The lowest BCUT2D eigenvalue weighted by molar-refractivity contribution is 0.617. The van der Waals surface area contributed by atoms with E-state index in [1.807, 2.05) is 6.07 Å². The second-order valence-electron chi connectivity index (χ2n) is 14.1. The summed E-state index contributed by atoms with van der Waals surface area (Å²) in [5, 5.41) is 15.1. The average molecular weight is 678 g/mol. The number of rotatable bonds is 4. The summed E-state index contributed by atoms with van der Waals surface area (Å²) in [7, 11) is 0. The Morgan fingerprint density at radius 1 is 0.453 bits per heavy atom. The number of hydrogen-bond donors (Lipinski definition) is 1. The van der Waals surface area contributed by atoms with E-state index in [2.05, 4.69) is 189 Å². The maximum atomic E-state index is 4.85. The van der Waals surface area contributed by atoms with Crippen LogP contribution in [0.3, 0.4) is 0 Å². The molecule has 8 aromatic carbocycles. The van der Waals surface area contributed by atoms with Gasteiger partial charge in [-0.2, -0.15) is 5.10 Å². The summed E-state index contributed by atoms with van der Waals surface area (Å²) in [4.78, 5) is 2.30. The topological polar surface area (TPSA) is 37.0 Å². The van der Waals surface area contributed by atoms with E-state index in [-0.39, 0.29) is 6.17 Å². The first kappa shape index (κ1) is 28.6. The van der Waals surface area contributed by atoms with Gasteiger partial charge in [0.25, 0.3) is 0 Å². The molecular formula is C48H31N5. The molecule has 1 N–H and O–H groups in total. The molecule has 12 rings (SSSR count). The highest BCUT2D eigenvalue weighted by molar-refractivity contribution is 6.28. The van der Waals surface area contributed by atoms with E-state index >= 15 is 0 Å². The van der Waals surface area contributed by atoms with Crippen LogP contribution in [0.5, 0.6) is 0 Å². The minimum atomic E-state index is -0.121. The van der Waals surface area contributed by atoms with Crippen molar-refractivity contribution in [3.8, 4) is 5.69 Å². The summed E-state index contributed by atoms with van der Waals surface area (Å²) in [5.41, 5.74) is 14.1. The molecule has 0 aliphatic carbocycles. The molecule has 0 amide bonds. The predicted molar refractivity (Wildman–Crippen MR) is 221 cm³/mol. The largest absolute Gasteiger partial charge is 0.309 e. The van der Waals surface area contributed by atoms with E-state index in [0.29, 0.717) is 0 Å². The van der Waals surface area contributed by atoms with Gasteiger partial charge < -0.3 is 8.97 Å². The zero-order valence-corrected chi connectivity index (χ0v) is 28.6. The van der Waals surface area contributed by atoms with Gasteiger partial charge in [-0.3, -0.25) is 10.3 Å². The van der Waals surface area contributed by atoms with Gasteiger partial charge in [-0.1, -0.05) is 121 Å². The SMILES string of the molecule is c1ccc(C2=NNC(c3ccccc3)N2c2ccc(-n3c4ccccc4c4c5cc6c7cccc8c9ccccc9n(c6cc5ccc43)c87)cc2)cc1. The molecule has 5 nitrogen and oxygen atoms in total. The van der Waals surface area contributed by atoms with Crippen LogP contribution >= 0.6 is 0 Å². The normalized spacial score (nSPS) is 14.8. The highest BCUT2D eigenvalue weighted by Gasteiger charge is 2.31. The summed E-state index contributed by atoms with van der Waals surface area (Å²) in [6.07, 6.45) is -0.121. The lowest BCUT2D eigenvalue weighted by Gasteiger charge is -2.28. The van der Waals surface area contributed by atoms with Crippen molar-refractivity contribution in [3.63, 3.8) is 0 Å². The van der Waals surface area contributed by atoms with Crippen molar-refractivity contribution in [1.82, 2.24) is 14.4 Å². The minimum absolute atomic E-state index is 0.121. The highest BCUT2D eigenvalue weighted by Crippen LogP contribution is 2.43. The Kier molecular flexibility index (Phi) is 5.77. The van der Waals surface area contributed by atoms with Crippen molar-refractivity contribution in [2.75, 3.05) is 4.90 Å². The smallest absolute Gasteiger partial charge is 0.162 e. The number of aromatic nitrogens is 2. The second kappa shape index (κ2) is 10.7. The molecule has 4 heterocycles. The van der Waals surface area contributed by atoms with Crippen LogP contribution < -0.4 is 10.3 Å². The van der Waals surface area contributed by atoms with Crippen LogP contribution in [0.4, 0.5) is 5.69 Å². The van der Waals surface area contributed by atoms with Gasteiger partial charge in [-0.05, 0) is 70.9 Å². The van der Waals surface area contributed by atoms with Gasteiger partial charge >= 0.3 is 0 Å². The van der Waals surface area contributed by atoms with Gasteiger partial charge in [0.2, 0.25) is 0 Å². The Balaban J connectivity index is 1.05. The summed E-state index contributed by atoms with van der Waals surface area (Å²) in [5.74, 6) is 0.901. The highest BCUT2D eigenvalue weighted by atomic mass is 15.5. The Hall–Kier alpha value is -7.11. The lowest BCUT2D eigenvalue weighted by atomic mass is 10.0. The molecule has 1 aliphatic heterocycles. The molecule has 0 fully saturated rings. The lowest BCUT2D eigenvalue weighted by Crippen LogP contribution is -2.33. The maximum Gasteiger partial charge on any atom is 0.162 e. The number of nitrogens with one attached hydrogen (secondary N) is 1. The van der Waals surface area contributed by atoms with Gasteiger partial charge in [-0.15, -0.1) is 0 Å². The van der Waals surface area contributed by atoms with Crippen molar-refractivity contribution < 1.29 is 0 Å². The first-order valence-corrected chi connectivity index (χ1v) is 18.2. The van der Waals surface area contributed by atoms with E-state index in [0.717, 1.165) is 28.3 Å². The average Bonchev–Trinajstić information content (AvgIpc) is 3.99. The van der Waals surface area contributed by atoms with Gasteiger partial charge in [0, 0.05) is 49.3 Å². The number of benzene rings is 8. The summed E-state index contributed by atoms with van der Waals surface area (Å²) in [6, 6.07) is 63.7. The van der Waals surface area contributed by atoms with Crippen molar-refractivity contribution >= 4 is 82.2 Å². The van der Waals surface area contributed by atoms with E-state index in [1.165, 1.54) is 70.7 Å². The molecule has 1 aliphatic rings. The Bertz CT molecular complexity index is 3250. The van der Waals surface area contributed by atoms with Crippen molar-refractivity contribution in [2.24, 2.45) is 5.10 Å². The Morgan fingerprint density at radius 3 is 1.92 bits per heavy atom. The van der Waals surface area contributed by atoms with Crippen LogP contribution in [0, 0.1) is 0 Å². The standard InChI is InChI=1S/C48H31N5/c1-3-12-30(13-4-1)47-49-50-48(31-14-5-2-6-15-31)52(47)34-25-23-33(24-26-34)51-42-21-10-8-17-38(42)45-39-29-40-37-19-11-18-36-35-16-7-9-20-41(35)53(46(36)37)44(40)28-32(39)22-27-43(45)51/h1-29,47,49H. The van der Waals surface area contributed by atoms with Crippen LogP contribution in [0.15, 0.2) is 181 Å². The fourth-order valence-electron chi connectivity index (χ4n) is 9.03. The molecule has 1 atom stereocenters. The van der Waals surface area contributed by atoms with Crippen LogP contribution in [0.1, 0.15) is 17.3 Å². The molecule has 0 saturated carbocycles. The fraction of sp³-hybridized carbons (Fsp3) is 0.0208. The third-order valence-electron chi connectivity index (χ3n) is 11.3. The van der Waals surface area contributed by atoms with Crippen LogP contribution in [-0.4, -0.2) is 14.8 Å².